The Balaban J connectivity index is 0.000000845. The molecule has 0 unspecified atom stereocenters. The Hall–Kier alpha value is -0.490. The number of aromatic nitrogens is 4. The second kappa shape index (κ2) is 4.66. The molecule has 0 saturated carbocycles. The second-order valence-electron chi connectivity index (χ2n) is 2.21. The standard InChI is InChI=1S/C7H6N4S.Na/c12-7-8-9-10-11(7)6-4-2-1-3-5-6;/h1-5H,(H,8,10,12);/q;+1/p-1. The van der Waals surface area contributed by atoms with E-state index in [9.17, 15) is 0 Å². The van der Waals surface area contributed by atoms with Gasteiger partial charge < -0.3 is 9.78 Å². The largest absolute Gasteiger partial charge is 1.00 e. The van der Waals surface area contributed by atoms with Gasteiger partial charge in [0.05, 0.1) is 0 Å². The van der Waals surface area contributed by atoms with Crippen LogP contribution in [0, 0.1) is 4.77 Å². The number of rotatable bonds is 1. The van der Waals surface area contributed by atoms with E-state index in [0.717, 1.165) is 5.69 Å². The first-order valence-electron chi connectivity index (χ1n) is 3.39. The van der Waals surface area contributed by atoms with Crippen molar-refractivity contribution < 1.29 is 29.6 Å². The summed E-state index contributed by atoms with van der Waals surface area (Å²) < 4.78 is 1.89. The molecule has 0 amide bonds. The molecular formula is C7H5N4NaS. The average molecular weight is 200 g/mol. The summed E-state index contributed by atoms with van der Waals surface area (Å²) in [5.74, 6) is 0. The van der Waals surface area contributed by atoms with Crippen LogP contribution < -0.4 is 34.8 Å². The molecule has 0 N–H and O–H groups in total. The molecule has 1 heterocycles. The Morgan fingerprint density at radius 3 is 2.46 bits per heavy atom. The average Bonchev–Trinajstić information content (AvgIpc) is 2.53. The first kappa shape index (κ1) is 10.6. The maximum Gasteiger partial charge on any atom is 1.00 e. The molecule has 1 aromatic carbocycles. The molecule has 0 radical (unpaired) electrons. The van der Waals surface area contributed by atoms with Crippen molar-refractivity contribution in [3.8, 4) is 5.69 Å². The van der Waals surface area contributed by atoms with E-state index in [1.54, 1.807) is 0 Å². The summed E-state index contributed by atoms with van der Waals surface area (Å²) in [6.45, 7) is 0. The van der Waals surface area contributed by atoms with Crippen molar-refractivity contribution in [3.63, 3.8) is 0 Å². The number of hydrogen-bond donors (Lipinski definition) is 0. The maximum absolute atomic E-state index is 4.89. The van der Waals surface area contributed by atoms with Gasteiger partial charge >= 0.3 is 29.6 Å². The van der Waals surface area contributed by atoms with E-state index in [2.05, 4.69) is 15.5 Å². The van der Waals surface area contributed by atoms with Gasteiger partial charge in [0.2, 0.25) is 0 Å². The summed E-state index contributed by atoms with van der Waals surface area (Å²) in [5, 5.41) is 10.8. The third-order valence-corrected chi connectivity index (χ3v) is 1.70. The van der Waals surface area contributed by atoms with Gasteiger partial charge in [0.15, 0.2) is 0 Å². The van der Waals surface area contributed by atoms with Crippen LogP contribution in [0.2, 0.25) is 0 Å². The van der Waals surface area contributed by atoms with E-state index >= 15 is 0 Å². The normalized spacial score (nSPS) is 9.23. The molecule has 60 valence electrons. The fraction of sp³-hybridized carbons (Fsp3) is 0. The minimum Gasteiger partial charge on any atom is -0.323 e. The van der Waals surface area contributed by atoms with Crippen molar-refractivity contribution in [2.75, 3.05) is 0 Å². The van der Waals surface area contributed by atoms with Gasteiger partial charge in [-0.1, -0.05) is 30.4 Å². The minimum atomic E-state index is 0. The van der Waals surface area contributed by atoms with Gasteiger partial charge in [-0.3, -0.25) is 10.4 Å². The first-order chi connectivity index (χ1) is 5.88. The molecule has 13 heavy (non-hydrogen) atoms. The summed E-state index contributed by atoms with van der Waals surface area (Å²) in [4.78, 5) is 0. The van der Waals surface area contributed by atoms with E-state index in [1.807, 2.05) is 30.3 Å². The molecule has 0 bridgehead atoms. The maximum atomic E-state index is 4.89. The first-order valence-corrected chi connectivity index (χ1v) is 3.79. The molecule has 0 aliphatic rings. The van der Waals surface area contributed by atoms with Crippen LogP contribution in [-0.4, -0.2) is 15.0 Å². The zero-order chi connectivity index (χ0) is 8.39. The van der Waals surface area contributed by atoms with Gasteiger partial charge in [0, 0.05) is 5.69 Å². The van der Waals surface area contributed by atoms with Gasteiger partial charge in [0.1, 0.15) is 4.77 Å². The summed E-state index contributed by atoms with van der Waals surface area (Å²) in [7, 11) is 0. The molecule has 0 atom stereocenters. The van der Waals surface area contributed by atoms with Gasteiger partial charge in [-0.2, -0.15) is 0 Å². The zero-order valence-electron chi connectivity index (χ0n) is 7.08. The SMILES string of the molecule is S=c1nn[n-]n1-c1ccccc1.[Na+]. The number of nitrogens with zero attached hydrogens (tertiary/aromatic N) is 4. The van der Waals surface area contributed by atoms with Gasteiger partial charge in [-0.25, -0.2) is 0 Å². The summed E-state index contributed by atoms with van der Waals surface area (Å²) in [5.41, 5.74) is 0.882. The summed E-state index contributed by atoms with van der Waals surface area (Å²) >= 11 is 4.89. The van der Waals surface area contributed by atoms with Gasteiger partial charge in [-0.05, 0) is 12.1 Å². The molecular weight excluding hydrogens is 195 g/mol. The van der Waals surface area contributed by atoms with Crippen molar-refractivity contribution >= 4 is 12.2 Å². The van der Waals surface area contributed by atoms with Crippen molar-refractivity contribution in [2.45, 2.75) is 0 Å². The minimum absolute atomic E-state index is 0. The molecule has 6 heteroatoms. The van der Waals surface area contributed by atoms with Crippen molar-refractivity contribution in [1.29, 1.82) is 0 Å². The summed E-state index contributed by atoms with van der Waals surface area (Å²) in [6.07, 6.45) is 0. The second-order valence-corrected chi connectivity index (χ2v) is 2.57. The Kier molecular flexibility index (Phi) is 3.80. The number of hydrogen-bond acceptors (Lipinski definition) is 3. The predicted octanol–water partition coefficient (Wildman–Crippen LogP) is -2.04. The van der Waals surface area contributed by atoms with Crippen LogP contribution in [-0.2, 0) is 0 Å². The smallest absolute Gasteiger partial charge is 0.323 e. The summed E-state index contributed by atoms with van der Waals surface area (Å²) in [6, 6.07) is 9.53. The Morgan fingerprint density at radius 1 is 1.23 bits per heavy atom. The van der Waals surface area contributed by atoms with Crippen molar-refractivity contribution in [2.24, 2.45) is 0 Å². The molecule has 0 saturated heterocycles. The molecule has 0 aliphatic carbocycles. The number of benzene rings is 1. The van der Waals surface area contributed by atoms with E-state index in [0.29, 0.717) is 4.77 Å². The van der Waals surface area contributed by atoms with Crippen LogP contribution in [0.1, 0.15) is 0 Å². The molecule has 1 aromatic heterocycles. The van der Waals surface area contributed by atoms with Crippen LogP contribution in [0.5, 0.6) is 0 Å². The van der Waals surface area contributed by atoms with Gasteiger partial charge in [-0.15, -0.1) is 0 Å². The van der Waals surface area contributed by atoms with Crippen LogP contribution >= 0.6 is 12.2 Å². The predicted molar refractivity (Wildman–Crippen MR) is 45.5 cm³/mol. The third kappa shape index (κ3) is 2.25. The van der Waals surface area contributed by atoms with Crippen LogP contribution in [0.25, 0.3) is 5.69 Å². The molecule has 2 rings (SSSR count). The quantitative estimate of drug-likeness (QED) is 0.393. The van der Waals surface area contributed by atoms with Crippen LogP contribution in [0.15, 0.2) is 30.3 Å². The van der Waals surface area contributed by atoms with Crippen molar-refractivity contribution in [1.82, 2.24) is 20.2 Å². The zero-order valence-corrected chi connectivity index (χ0v) is 9.90. The molecule has 2 aromatic rings. The van der Waals surface area contributed by atoms with Gasteiger partial charge in [0.25, 0.3) is 0 Å². The number of tetrazole rings is 1. The van der Waals surface area contributed by atoms with Crippen LogP contribution in [0.3, 0.4) is 0 Å². The Labute approximate surface area is 102 Å². The van der Waals surface area contributed by atoms with E-state index in [1.165, 1.54) is 4.68 Å². The van der Waals surface area contributed by atoms with E-state index in [-0.39, 0.29) is 29.6 Å². The monoisotopic (exact) mass is 200 g/mol. The fourth-order valence-corrected chi connectivity index (χ4v) is 1.09. The Morgan fingerprint density at radius 2 is 1.92 bits per heavy atom. The van der Waals surface area contributed by atoms with Crippen LogP contribution in [0.4, 0.5) is 0 Å². The van der Waals surface area contributed by atoms with E-state index in [4.69, 9.17) is 12.2 Å². The van der Waals surface area contributed by atoms with Crippen molar-refractivity contribution in [3.05, 3.63) is 35.1 Å². The Bertz CT molecular complexity index is 421. The molecule has 0 aliphatic heterocycles. The topological polar surface area (TPSA) is 44.8 Å². The number of para-hydroxylation sites is 1. The third-order valence-electron chi connectivity index (χ3n) is 1.44. The molecule has 4 nitrogen and oxygen atoms in total. The van der Waals surface area contributed by atoms with E-state index < -0.39 is 0 Å². The molecule has 0 spiro atoms. The molecule has 0 fully saturated rings. The fourth-order valence-electron chi connectivity index (χ4n) is 0.910.